The molecule has 2 saturated heterocycles. The molecule has 0 aromatic heterocycles. The highest BCUT2D eigenvalue weighted by molar-refractivity contribution is 8.00. The first-order valence-corrected chi connectivity index (χ1v) is 8.38. The van der Waals surface area contributed by atoms with Gasteiger partial charge in [-0.2, -0.15) is 11.8 Å². The Morgan fingerprint density at radius 2 is 1.58 bits per heavy atom. The zero-order valence-electron chi connectivity index (χ0n) is 12.2. The van der Waals surface area contributed by atoms with E-state index in [1.807, 2.05) is 0 Å². The molecule has 0 amide bonds. The third-order valence-corrected chi connectivity index (χ3v) is 6.48. The summed E-state index contributed by atoms with van der Waals surface area (Å²) in [4.78, 5) is 0. The Labute approximate surface area is 120 Å². The average Bonchev–Trinajstić information content (AvgIpc) is 2.33. The van der Waals surface area contributed by atoms with E-state index < -0.39 is 5.60 Å². The second kappa shape index (κ2) is 4.82. The lowest BCUT2D eigenvalue weighted by Gasteiger charge is -2.44. The number of fused-ring (bicyclic) bond motifs is 2. The van der Waals surface area contributed by atoms with Crippen LogP contribution < -0.4 is 0 Å². The second-order valence-corrected chi connectivity index (χ2v) is 8.11. The van der Waals surface area contributed by atoms with Crippen molar-refractivity contribution < 1.29 is 5.11 Å². The Kier molecular flexibility index (Phi) is 3.43. The topological polar surface area (TPSA) is 20.2 Å². The maximum absolute atomic E-state index is 11.2. The van der Waals surface area contributed by atoms with Crippen molar-refractivity contribution in [3.8, 4) is 0 Å². The number of aryl methyl sites for hydroxylation is 3. The standard InChI is InChI=1S/C17H24OS/c1-11-7-13(3)16(8-12(11)2)17(18)9-14-5-4-6-15(10-17)19-14/h7-8,14-15,18H,4-6,9-10H2,1-3H3. The van der Waals surface area contributed by atoms with E-state index in [0.717, 1.165) is 12.8 Å². The lowest BCUT2D eigenvalue weighted by molar-refractivity contribution is 0.00751. The van der Waals surface area contributed by atoms with E-state index in [1.165, 1.54) is 41.5 Å². The van der Waals surface area contributed by atoms with Crippen LogP contribution in [0.25, 0.3) is 0 Å². The molecule has 1 nitrogen and oxygen atoms in total. The highest BCUT2D eigenvalue weighted by Crippen LogP contribution is 2.50. The summed E-state index contributed by atoms with van der Waals surface area (Å²) in [7, 11) is 0. The molecule has 2 aliphatic rings. The quantitative estimate of drug-likeness (QED) is 0.827. The fourth-order valence-corrected chi connectivity index (χ4v) is 5.69. The van der Waals surface area contributed by atoms with Gasteiger partial charge in [0.05, 0.1) is 5.60 Å². The Morgan fingerprint density at radius 3 is 2.21 bits per heavy atom. The fourth-order valence-electron chi connectivity index (χ4n) is 3.80. The molecular formula is C17H24OS. The third kappa shape index (κ3) is 2.45. The third-order valence-electron chi connectivity index (χ3n) is 4.91. The van der Waals surface area contributed by atoms with Gasteiger partial charge in [-0.05, 0) is 68.7 Å². The van der Waals surface area contributed by atoms with Gasteiger partial charge >= 0.3 is 0 Å². The van der Waals surface area contributed by atoms with Crippen molar-refractivity contribution in [2.75, 3.05) is 0 Å². The van der Waals surface area contributed by atoms with E-state index in [2.05, 4.69) is 44.7 Å². The van der Waals surface area contributed by atoms with E-state index in [1.54, 1.807) is 0 Å². The first kappa shape index (κ1) is 13.5. The zero-order chi connectivity index (χ0) is 13.6. The normalized spacial score (nSPS) is 34.3. The van der Waals surface area contributed by atoms with E-state index in [9.17, 15) is 5.11 Å². The minimum atomic E-state index is -0.580. The highest BCUT2D eigenvalue weighted by atomic mass is 32.2. The van der Waals surface area contributed by atoms with Crippen molar-refractivity contribution in [1.29, 1.82) is 0 Å². The number of thioether (sulfide) groups is 1. The van der Waals surface area contributed by atoms with Crippen molar-refractivity contribution >= 4 is 11.8 Å². The smallest absolute Gasteiger partial charge is 0.0920 e. The van der Waals surface area contributed by atoms with Gasteiger partial charge in [0.1, 0.15) is 0 Å². The molecule has 19 heavy (non-hydrogen) atoms. The SMILES string of the molecule is Cc1cc(C)c(C2(O)CC3CCCC(C2)S3)cc1C. The second-order valence-electron chi connectivity index (χ2n) is 6.50. The molecule has 0 radical (unpaired) electrons. The Bertz CT molecular complexity index is 482. The molecule has 2 fully saturated rings. The highest BCUT2D eigenvalue weighted by Gasteiger charge is 2.43. The summed E-state index contributed by atoms with van der Waals surface area (Å²) in [5, 5.41) is 12.6. The molecule has 2 aliphatic heterocycles. The monoisotopic (exact) mass is 276 g/mol. The average molecular weight is 276 g/mol. The number of rotatable bonds is 1. The minimum Gasteiger partial charge on any atom is -0.385 e. The van der Waals surface area contributed by atoms with Gasteiger partial charge in [-0.15, -0.1) is 0 Å². The fraction of sp³-hybridized carbons (Fsp3) is 0.647. The molecule has 1 aromatic carbocycles. The van der Waals surface area contributed by atoms with Gasteiger partial charge in [0.25, 0.3) is 0 Å². The van der Waals surface area contributed by atoms with Gasteiger partial charge in [0.15, 0.2) is 0 Å². The predicted molar refractivity (Wildman–Crippen MR) is 82.8 cm³/mol. The molecule has 2 atom stereocenters. The molecule has 104 valence electrons. The first-order valence-electron chi connectivity index (χ1n) is 7.44. The van der Waals surface area contributed by atoms with Gasteiger partial charge in [-0.1, -0.05) is 18.6 Å². The Morgan fingerprint density at radius 1 is 1.00 bits per heavy atom. The van der Waals surface area contributed by atoms with Crippen LogP contribution in [0.1, 0.15) is 54.4 Å². The Balaban J connectivity index is 1.98. The summed E-state index contributed by atoms with van der Waals surface area (Å²) in [5.41, 5.74) is 4.50. The number of aliphatic hydroxyl groups is 1. The first-order chi connectivity index (χ1) is 8.98. The molecular weight excluding hydrogens is 252 g/mol. The van der Waals surface area contributed by atoms with Crippen LogP contribution in [-0.4, -0.2) is 15.6 Å². The van der Waals surface area contributed by atoms with Crippen LogP contribution in [0.2, 0.25) is 0 Å². The number of hydrogen-bond donors (Lipinski definition) is 1. The van der Waals surface area contributed by atoms with Gasteiger partial charge in [-0.3, -0.25) is 0 Å². The van der Waals surface area contributed by atoms with Crippen molar-refractivity contribution in [3.05, 3.63) is 34.4 Å². The van der Waals surface area contributed by atoms with E-state index >= 15 is 0 Å². The van der Waals surface area contributed by atoms with Gasteiger partial charge in [0, 0.05) is 10.5 Å². The van der Waals surface area contributed by atoms with Crippen molar-refractivity contribution in [1.82, 2.24) is 0 Å². The maximum Gasteiger partial charge on any atom is 0.0920 e. The molecule has 2 heteroatoms. The molecule has 0 spiro atoms. The molecule has 2 heterocycles. The van der Waals surface area contributed by atoms with E-state index in [0.29, 0.717) is 10.5 Å². The molecule has 2 unspecified atom stereocenters. The molecule has 1 N–H and O–H groups in total. The van der Waals surface area contributed by atoms with Crippen LogP contribution in [0.4, 0.5) is 0 Å². The van der Waals surface area contributed by atoms with E-state index in [4.69, 9.17) is 0 Å². The lowest BCUT2D eigenvalue weighted by Crippen LogP contribution is -2.41. The summed E-state index contributed by atoms with van der Waals surface area (Å²) >= 11 is 2.12. The maximum atomic E-state index is 11.2. The zero-order valence-corrected chi connectivity index (χ0v) is 13.0. The van der Waals surface area contributed by atoms with Crippen LogP contribution in [0.5, 0.6) is 0 Å². The van der Waals surface area contributed by atoms with Crippen LogP contribution in [0.15, 0.2) is 12.1 Å². The number of benzene rings is 1. The summed E-state index contributed by atoms with van der Waals surface area (Å²) < 4.78 is 0. The van der Waals surface area contributed by atoms with Gasteiger partial charge in [0.2, 0.25) is 0 Å². The van der Waals surface area contributed by atoms with E-state index in [-0.39, 0.29) is 0 Å². The molecule has 2 bridgehead atoms. The predicted octanol–water partition coefficient (Wildman–Crippen LogP) is 4.25. The molecule has 0 saturated carbocycles. The summed E-state index contributed by atoms with van der Waals surface area (Å²) in [6.07, 6.45) is 5.81. The van der Waals surface area contributed by atoms with Gasteiger partial charge in [-0.25, -0.2) is 0 Å². The van der Waals surface area contributed by atoms with Crippen molar-refractivity contribution in [3.63, 3.8) is 0 Å². The summed E-state index contributed by atoms with van der Waals surface area (Å²) in [5.74, 6) is 0. The Hall–Kier alpha value is -0.470. The summed E-state index contributed by atoms with van der Waals surface area (Å²) in [6, 6.07) is 4.47. The summed E-state index contributed by atoms with van der Waals surface area (Å²) in [6.45, 7) is 6.46. The van der Waals surface area contributed by atoms with Crippen LogP contribution in [0.3, 0.4) is 0 Å². The van der Waals surface area contributed by atoms with Gasteiger partial charge < -0.3 is 5.11 Å². The van der Waals surface area contributed by atoms with Crippen molar-refractivity contribution in [2.24, 2.45) is 0 Å². The van der Waals surface area contributed by atoms with Crippen LogP contribution in [0, 0.1) is 20.8 Å². The largest absolute Gasteiger partial charge is 0.385 e. The minimum absolute atomic E-state index is 0.580. The lowest BCUT2D eigenvalue weighted by atomic mass is 9.78. The molecule has 0 aliphatic carbocycles. The molecule has 1 aromatic rings. The molecule has 3 rings (SSSR count). The van der Waals surface area contributed by atoms with Crippen LogP contribution in [-0.2, 0) is 5.60 Å². The number of hydrogen-bond acceptors (Lipinski definition) is 2. The van der Waals surface area contributed by atoms with Crippen LogP contribution >= 0.6 is 11.8 Å². The van der Waals surface area contributed by atoms with Crippen molar-refractivity contribution in [2.45, 2.75) is 69.0 Å².